The summed E-state index contributed by atoms with van der Waals surface area (Å²) in [5, 5.41) is 3.45. The molecule has 0 heterocycles. The summed E-state index contributed by atoms with van der Waals surface area (Å²) in [6.07, 6.45) is 6.71. The van der Waals surface area contributed by atoms with Gasteiger partial charge in [-0.1, -0.05) is 46.8 Å². The van der Waals surface area contributed by atoms with Crippen LogP contribution in [0.3, 0.4) is 0 Å². The van der Waals surface area contributed by atoms with Crippen molar-refractivity contribution in [1.29, 1.82) is 0 Å². The highest BCUT2D eigenvalue weighted by Gasteiger charge is 2.28. The Kier molecular flexibility index (Phi) is 7.27. The quantitative estimate of drug-likeness (QED) is 0.639. The fourth-order valence-electron chi connectivity index (χ4n) is 1.83. The van der Waals surface area contributed by atoms with Gasteiger partial charge in [0.15, 0.2) is 0 Å². The second-order valence-electron chi connectivity index (χ2n) is 7.74. The van der Waals surface area contributed by atoms with E-state index in [0.717, 1.165) is 26.0 Å². The molecule has 0 bridgehead atoms. The minimum absolute atomic E-state index is 0.247. The maximum absolute atomic E-state index is 6.18. The third-order valence-corrected chi connectivity index (χ3v) is 7.84. The molecule has 0 aliphatic carbocycles. The Morgan fingerprint density at radius 2 is 1.68 bits per heavy atom. The first-order valence-electron chi connectivity index (χ1n) is 8.32. The Labute approximate surface area is 139 Å². The molecule has 2 nitrogen and oxygen atoms in total. The molecular formula is C19H35NOS. The first-order chi connectivity index (χ1) is 10.1. The van der Waals surface area contributed by atoms with Gasteiger partial charge in [0.2, 0.25) is 0 Å². The predicted molar refractivity (Wildman–Crippen MR) is 103 cm³/mol. The lowest BCUT2D eigenvalue weighted by molar-refractivity contribution is 0.341. The van der Waals surface area contributed by atoms with Gasteiger partial charge in [0.25, 0.3) is 0 Å². The molecule has 0 unspecified atom stereocenters. The van der Waals surface area contributed by atoms with E-state index in [1.54, 1.807) is 0 Å². The zero-order chi connectivity index (χ0) is 16.8. The van der Waals surface area contributed by atoms with Crippen molar-refractivity contribution in [2.75, 3.05) is 31.0 Å². The third-order valence-electron chi connectivity index (χ3n) is 4.13. The molecule has 0 amide bonds. The fraction of sp³-hybridized carbons (Fsp3) is 0.684. The molecule has 1 N–H and O–H groups in total. The predicted octanol–water partition coefficient (Wildman–Crippen LogP) is 5.48. The highest BCUT2D eigenvalue weighted by Crippen LogP contribution is 2.53. The summed E-state index contributed by atoms with van der Waals surface area (Å²) in [7, 11) is -0.984. The second-order valence-corrected chi connectivity index (χ2v) is 11.7. The van der Waals surface area contributed by atoms with Gasteiger partial charge in [-0.25, -0.2) is 0 Å². The summed E-state index contributed by atoms with van der Waals surface area (Å²) in [6, 6.07) is 8.82. The van der Waals surface area contributed by atoms with Crippen molar-refractivity contribution in [2.24, 2.45) is 5.92 Å². The van der Waals surface area contributed by atoms with Crippen molar-refractivity contribution >= 4 is 16.0 Å². The summed E-state index contributed by atoms with van der Waals surface area (Å²) in [4.78, 5) is 0. The number of nitrogens with one attached hydrogen (secondary N) is 1. The Hall–Kier alpha value is -0.670. The van der Waals surface area contributed by atoms with Crippen molar-refractivity contribution < 1.29 is 4.18 Å². The molecule has 1 aromatic carbocycles. The maximum Gasteiger partial charge on any atom is 0.0595 e. The van der Waals surface area contributed by atoms with Crippen LogP contribution < -0.4 is 5.32 Å². The number of hydrogen-bond acceptors (Lipinski definition) is 2. The molecule has 0 aliphatic rings. The molecule has 3 heteroatoms. The standard InChI is InChI=1S/C19H35NOS/c1-16(2)15-20-18-12-10-17(11-13-18)9-8-14-21-22(6,7)19(3,4)5/h10-13,16,20H,8-9,14-15H2,1-7H3. The normalized spacial score (nSPS) is 13.5. The van der Waals surface area contributed by atoms with Crippen LogP contribution in [0.25, 0.3) is 0 Å². The van der Waals surface area contributed by atoms with Gasteiger partial charge < -0.3 is 9.50 Å². The summed E-state index contributed by atoms with van der Waals surface area (Å²) in [6.45, 7) is 13.1. The number of aryl methyl sites for hydroxylation is 1. The van der Waals surface area contributed by atoms with Crippen molar-refractivity contribution in [3.8, 4) is 0 Å². The molecule has 1 aromatic rings. The van der Waals surface area contributed by atoms with Crippen molar-refractivity contribution in [2.45, 2.75) is 52.2 Å². The smallest absolute Gasteiger partial charge is 0.0595 e. The van der Waals surface area contributed by atoms with E-state index in [-0.39, 0.29) is 4.75 Å². The molecule has 0 saturated carbocycles. The molecule has 0 radical (unpaired) electrons. The molecule has 0 aromatic heterocycles. The van der Waals surface area contributed by atoms with Crippen LogP contribution in [0.4, 0.5) is 5.69 Å². The molecular weight excluding hydrogens is 290 g/mol. The number of rotatable bonds is 8. The lowest BCUT2D eigenvalue weighted by Crippen LogP contribution is -2.25. The van der Waals surface area contributed by atoms with Crippen molar-refractivity contribution in [1.82, 2.24) is 0 Å². The van der Waals surface area contributed by atoms with Gasteiger partial charge in [0, 0.05) is 17.0 Å². The lowest BCUT2D eigenvalue weighted by Gasteiger charge is -2.43. The topological polar surface area (TPSA) is 21.3 Å². The number of benzene rings is 1. The monoisotopic (exact) mass is 325 g/mol. The maximum atomic E-state index is 6.18. The molecule has 0 spiro atoms. The Balaban J connectivity index is 2.34. The Morgan fingerprint density at radius 1 is 1.09 bits per heavy atom. The average molecular weight is 326 g/mol. The lowest BCUT2D eigenvalue weighted by atomic mass is 10.1. The highest BCUT2D eigenvalue weighted by atomic mass is 32.3. The van der Waals surface area contributed by atoms with E-state index in [0.29, 0.717) is 5.92 Å². The molecule has 22 heavy (non-hydrogen) atoms. The highest BCUT2D eigenvalue weighted by molar-refractivity contribution is 8.29. The fourth-order valence-corrected chi connectivity index (χ4v) is 2.72. The first kappa shape index (κ1) is 19.4. The largest absolute Gasteiger partial charge is 0.385 e. The van der Waals surface area contributed by atoms with E-state index in [4.69, 9.17) is 4.18 Å². The first-order valence-corrected chi connectivity index (χ1v) is 10.7. The van der Waals surface area contributed by atoms with Crippen molar-refractivity contribution in [3.05, 3.63) is 29.8 Å². The van der Waals surface area contributed by atoms with E-state index >= 15 is 0 Å². The van der Waals surface area contributed by atoms with Crippen LogP contribution in [0, 0.1) is 5.92 Å². The van der Waals surface area contributed by atoms with E-state index in [2.05, 4.69) is 76.7 Å². The van der Waals surface area contributed by atoms with Crippen LogP contribution in [0.2, 0.25) is 0 Å². The van der Waals surface area contributed by atoms with Gasteiger partial charge >= 0.3 is 0 Å². The van der Waals surface area contributed by atoms with Crippen LogP contribution in [0.5, 0.6) is 0 Å². The van der Waals surface area contributed by atoms with Crippen LogP contribution in [-0.2, 0) is 10.6 Å². The summed E-state index contributed by atoms with van der Waals surface area (Å²) in [5.41, 5.74) is 2.61. The Morgan fingerprint density at radius 3 is 2.18 bits per heavy atom. The van der Waals surface area contributed by atoms with Crippen LogP contribution in [0.15, 0.2) is 24.3 Å². The Bertz CT molecular complexity index is 432. The van der Waals surface area contributed by atoms with Gasteiger partial charge in [-0.2, -0.15) is 0 Å². The van der Waals surface area contributed by atoms with E-state index in [1.165, 1.54) is 11.3 Å². The molecule has 0 saturated heterocycles. The molecule has 1 rings (SSSR count). The molecule has 128 valence electrons. The molecule has 0 fully saturated rings. The summed E-state index contributed by atoms with van der Waals surface area (Å²) in [5.74, 6) is 0.672. The summed E-state index contributed by atoms with van der Waals surface area (Å²) >= 11 is 0. The number of anilines is 1. The third kappa shape index (κ3) is 6.62. The van der Waals surface area contributed by atoms with Gasteiger partial charge in [-0.3, -0.25) is 0 Å². The van der Waals surface area contributed by atoms with Gasteiger partial charge in [0.1, 0.15) is 0 Å². The zero-order valence-electron chi connectivity index (χ0n) is 15.5. The van der Waals surface area contributed by atoms with Gasteiger partial charge in [0.05, 0.1) is 6.61 Å². The minimum atomic E-state index is -0.984. The van der Waals surface area contributed by atoms with Crippen LogP contribution in [-0.4, -0.2) is 30.4 Å². The van der Waals surface area contributed by atoms with Crippen molar-refractivity contribution in [3.63, 3.8) is 0 Å². The number of hydrogen-bond donors (Lipinski definition) is 1. The van der Waals surface area contributed by atoms with Gasteiger partial charge in [-0.15, -0.1) is 10.3 Å². The van der Waals surface area contributed by atoms with Crippen LogP contribution in [0.1, 0.15) is 46.6 Å². The average Bonchev–Trinajstić information content (AvgIpc) is 2.41. The minimum Gasteiger partial charge on any atom is -0.385 e. The zero-order valence-corrected chi connectivity index (χ0v) is 16.3. The van der Waals surface area contributed by atoms with E-state index < -0.39 is 10.3 Å². The van der Waals surface area contributed by atoms with E-state index in [1.807, 2.05) is 0 Å². The van der Waals surface area contributed by atoms with Gasteiger partial charge in [-0.05, 0) is 49.0 Å². The van der Waals surface area contributed by atoms with E-state index in [9.17, 15) is 0 Å². The SMILES string of the molecule is CC(C)CNc1ccc(CCCOS(C)(C)C(C)(C)C)cc1. The second kappa shape index (κ2) is 8.26. The molecule has 0 atom stereocenters. The van der Waals surface area contributed by atoms with Crippen LogP contribution >= 0.6 is 10.3 Å². The molecule has 0 aliphatic heterocycles. The summed E-state index contributed by atoms with van der Waals surface area (Å²) < 4.78 is 6.42.